The van der Waals surface area contributed by atoms with Gasteiger partial charge in [0, 0.05) is 36.2 Å². The van der Waals surface area contributed by atoms with Crippen molar-refractivity contribution in [1.82, 2.24) is 14.9 Å². The van der Waals surface area contributed by atoms with Gasteiger partial charge in [0.15, 0.2) is 0 Å². The normalized spacial score (nSPS) is 18.4. The van der Waals surface area contributed by atoms with Crippen LogP contribution in [0.4, 0.5) is 4.79 Å². The van der Waals surface area contributed by atoms with Crippen LogP contribution in [0.25, 0.3) is 22.4 Å². The second kappa shape index (κ2) is 8.46. The monoisotopic (exact) mass is 459 g/mol. The van der Waals surface area contributed by atoms with E-state index in [9.17, 15) is 9.59 Å². The van der Waals surface area contributed by atoms with E-state index in [-0.39, 0.29) is 11.8 Å². The number of nitrogens with zero attached hydrogens (tertiary/aromatic N) is 3. The molecule has 2 aromatic carbocycles. The van der Waals surface area contributed by atoms with E-state index < -0.39 is 10.8 Å². The molecule has 1 saturated heterocycles. The summed E-state index contributed by atoms with van der Waals surface area (Å²) in [5, 5.41) is 0.505. The van der Waals surface area contributed by atoms with E-state index in [0.29, 0.717) is 23.6 Å². The van der Waals surface area contributed by atoms with Crippen molar-refractivity contribution < 1.29 is 18.7 Å². The molecule has 0 spiro atoms. The van der Waals surface area contributed by atoms with Gasteiger partial charge in [-0.25, -0.2) is 4.98 Å². The summed E-state index contributed by atoms with van der Waals surface area (Å²) in [6.45, 7) is 2.03. The molecule has 2 aromatic heterocycles. The summed E-state index contributed by atoms with van der Waals surface area (Å²) in [7, 11) is 1.46. The Morgan fingerprint density at radius 3 is 2.61 bits per heavy atom. The first-order valence-electron chi connectivity index (χ1n) is 10.5. The standard InChI is InChI=1S/C25H21N3O4S/c1-16-20(27-22(32-16)17-8-4-3-5-9-17)12-13-31-25(23(29)28(2)24(30)33-25)19-14-18-10-6-7-11-21(18)26-15-19/h3-11,14-15H,12-13H2,1-2H3. The number of imide groups is 1. The van der Waals surface area contributed by atoms with Crippen molar-refractivity contribution in [2.24, 2.45) is 0 Å². The maximum Gasteiger partial charge on any atom is 0.291 e. The minimum atomic E-state index is -1.48. The Labute approximate surface area is 194 Å². The summed E-state index contributed by atoms with van der Waals surface area (Å²) < 4.78 is 12.0. The minimum Gasteiger partial charge on any atom is -0.441 e. The molecule has 1 atom stereocenters. The number of rotatable bonds is 6. The molecule has 0 saturated carbocycles. The predicted octanol–water partition coefficient (Wildman–Crippen LogP) is 4.94. The number of aryl methyl sites for hydroxylation is 1. The summed E-state index contributed by atoms with van der Waals surface area (Å²) >= 11 is 0.864. The van der Waals surface area contributed by atoms with Crippen LogP contribution in [0, 0.1) is 6.92 Å². The maximum absolute atomic E-state index is 13.2. The first-order chi connectivity index (χ1) is 16.0. The Kier molecular flexibility index (Phi) is 5.47. The second-order valence-electron chi connectivity index (χ2n) is 7.75. The summed E-state index contributed by atoms with van der Waals surface area (Å²) in [5.74, 6) is 0.812. The zero-order valence-electron chi connectivity index (χ0n) is 18.1. The molecule has 33 heavy (non-hydrogen) atoms. The van der Waals surface area contributed by atoms with Crippen molar-refractivity contribution in [1.29, 1.82) is 0 Å². The highest BCUT2D eigenvalue weighted by molar-refractivity contribution is 8.15. The number of amides is 2. The van der Waals surface area contributed by atoms with Gasteiger partial charge in [-0.05, 0) is 43.0 Å². The fourth-order valence-electron chi connectivity index (χ4n) is 3.80. The molecule has 1 aliphatic rings. The zero-order chi connectivity index (χ0) is 23.0. The third kappa shape index (κ3) is 3.81. The largest absolute Gasteiger partial charge is 0.441 e. The number of aromatic nitrogens is 2. The van der Waals surface area contributed by atoms with Crippen molar-refractivity contribution in [3.63, 3.8) is 0 Å². The molecule has 166 valence electrons. The summed E-state index contributed by atoms with van der Waals surface area (Å²) in [5.41, 5.74) is 2.98. The second-order valence-corrected chi connectivity index (χ2v) is 8.88. The van der Waals surface area contributed by atoms with Gasteiger partial charge in [-0.15, -0.1) is 0 Å². The number of benzene rings is 2. The van der Waals surface area contributed by atoms with E-state index >= 15 is 0 Å². The predicted molar refractivity (Wildman–Crippen MR) is 126 cm³/mol. The number of oxazole rings is 1. The lowest BCUT2D eigenvalue weighted by Gasteiger charge is -2.25. The number of carbonyl (C=O) groups excluding carboxylic acids is 2. The number of carbonyl (C=O) groups is 2. The number of para-hydroxylation sites is 1. The Hall–Kier alpha value is -3.49. The van der Waals surface area contributed by atoms with Crippen molar-refractivity contribution in [2.45, 2.75) is 18.3 Å². The molecule has 7 nitrogen and oxygen atoms in total. The first kappa shape index (κ1) is 21.4. The average Bonchev–Trinajstić information content (AvgIpc) is 3.32. The molecule has 5 rings (SSSR count). The van der Waals surface area contributed by atoms with Crippen LogP contribution in [-0.4, -0.2) is 39.7 Å². The van der Waals surface area contributed by atoms with Crippen LogP contribution in [0.1, 0.15) is 17.0 Å². The highest BCUT2D eigenvalue weighted by Crippen LogP contribution is 2.46. The van der Waals surface area contributed by atoms with Gasteiger partial charge < -0.3 is 9.15 Å². The Balaban J connectivity index is 1.42. The van der Waals surface area contributed by atoms with E-state index in [2.05, 4.69) is 9.97 Å². The van der Waals surface area contributed by atoms with Gasteiger partial charge >= 0.3 is 0 Å². The molecular formula is C25H21N3O4S. The molecule has 1 fully saturated rings. The van der Waals surface area contributed by atoms with Crippen LogP contribution in [-0.2, 0) is 20.9 Å². The van der Waals surface area contributed by atoms with Crippen LogP contribution >= 0.6 is 11.8 Å². The molecule has 4 aromatic rings. The van der Waals surface area contributed by atoms with Crippen molar-refractivity contribution in [3.05, 3.63) is 83.9 Å². The molecule has 0 radical (unpaired) electrons. The van der Waals surface area contributed by atoms with Crippen LogP contribution in [0.2, 0.25) is 0 Å². The number of ether oxygens (including phenoxy) is 1. The number of pyridine rings is 1. The highest BCUT2D eigenvalue weighted by atomic mass is 32.2. The Morgan fingerprint density at radius 1 is 1.09 bits per heavy atom. The smallest absolute Gasteiger partial charge is 0.291 e. The molecule has 1 unspecified atom stereocenters. The van der Waals surface area contributed by atoms with Crippen molar-refractivity contribution >= 4 is 33.8 Å². The number of fused-ring (bicyclic) bond motifs is 1. The average molecular weight is 460 g/mol. The molecular weight excluding hydrogens is 438 g/mol. The molecule has 3 heterocycles. The maximum atomic E-state index is 13.2. The van der Waals surface area contributed by atoms with E-state index in [4.69, 9.17) is 9.15 Å². The summed E-state index contributed by atoms with van der Waals surface area (Å²) in [6, 6.07) is 19.1. The minimum absolute atomic E-state index is 0.175. The van der Waals surface area contributed by atoms with Gasteiger partial charge in [0.05, 0.1) is 17.8 Å². The third-order valence-corrected chi connectivity index (χ3v) is 6.88. The van der Waals surface area contributed by atoms with Crippen molar-refractivity contribution in [2.75, 3.05) is 13.7 Å². The topological polar surface area (TPSA) is 85.5 Å². The Morgan fingerprint density at radius 2 is 1.85 bits per heavy atom. The zero-order valence-corrected chi connectivity index (χ0v) is 19.0. The van der Waals surface area contributed by atoms with E-state index in [0.717, 1.165) is 38.8 Å². The van der Waals surface area contributed by atoms with Crippen LogP contribution in [0.5, 0.6) is 0 Å². The van der Waals surface area contributed by atoms with Gasteiger partial charge in [-0.1, -0.05) is 36.4 Å². The van der Waals surface area contributed by atoms with Gasteiger partial charge in [0.2, 0.25) is 10.8 Å². The number of hydrogen-bond acceptors (Lipinski definition) is 7. The summed E-state index contributed by atoms with van der Waals surface area (Å²) in [6.07, 6.45) is 2.03. The lowest BCUT2D eigenvalue weighted by atomic mass is 10.1. The SMILES string of the molecule is Cc1oc(-c2ccccc2)nc1CCOC1(c2cnc3ccccc3c2)SC(=O)N(C)C1=O. The quantitative estimate of drug-likeness (QED) is 0.404. The molecule has 0 aliphatic carbocycles. The lowest BCUT2D eigenvalue weighted by Crippen LogP contribution is -2.38. The van der Waals surface area contributed by atoms with E-state index in [1.807, 2.05) is 67.6 Å². The Bertz CT molecular complexity index is 1350. The van der Waals surface area contributed by atoms with E-state index in [1.165, 1.54) is 7.05 Å². The van der Waals surface area contributed by atoms with Crippen molar-refractivity contribution in [3.8, 4) is 11.5 Å². The molecule has 2 amide bonds. The van der Waals surface area contributed by atoms with Crippen LogP contribution in [0.15, 0.2) is 71.3 Å². The first-order valence-corrected chi connectivity index (χ1v) is 11.3. The highest BCUT2D eigenvalue weighted by Gasteiger charge is 2.54. The number of thioether (sulfide) groups is 1. The molecule has 1 aliphatic heterocycles. The number of hydrogen-bond donors (Lipinski definition) is 0. The third-order valence-electron chi connectivity index (χ3n) is 5.62. The fourth-order valence-corrected chi connectivity index (χ4v) is 4.86. The summed E-state index contributed by atoms with van der Waals surface area (Å²) in [4.78, 5) is 34.3. The van der Waals surface area contributed by atoms with Gasteiger partial charge in [0.25, 0.3) is 11.1 Å². The van der Waals surface area contributed by atoms with Crippen LogP contribution < -0.4 is 0 Å². The van der Waals surface area contributed by atoms with Gasteiger partial charge in [0.1, 0.15) is 5.76 Å². The van der Waals surface area contributed by atoms with E-state index in [1.54, 1.807) is 6.20 Å². The molecule has 0 N–H and O–H groups in total. The lowest BCUT2D eigenvalue weighted by molar-refractivity contribution is -0.142. The van der Waals surface area contributed by atoms with Gasteiger partial charge in [-0.2, -0.15) is 0 Å². The van der Waals surface area contributed by atoms with Gasteiger partial charge in [-0.3, -0.25) is 19.5 Å². The van der Waals surface area contributed by atoms with Crippen LogP contribution in [0.3, 0.4) is 0 Å². The fraction of sp³-hybridized carbons (Fsp3) is 0.200. The number of likely N-dealkylation sites (N-methyl/N-ethyl adjacent to an activating group) is 1. The molecule has 8 heteroatoms. The molecule has 0 bridgehead atoms.